The van der Waals surface area contributed by atoms with Crippen LogP contribution in [-0.2, 0) is 6.42 Å². The summed E-state index contributed by atoms with van der Waals surface area (Å²) in [6.07, 6.45) is 0.897. The van der Waals surface area contributed by atoms with E-state index < -0.39 is 0 Å². The van der Waals surface area contributed by atoms with E-state index in [1.165, 1.54) is 17.7 Å². The molecule has 4 nitrogen and oxygen atoms in total. The summed E-state index contributed by atoms with van der Waals surface area (Å²) >= 11 is 0. The van der Waals surface area contributed by atoms with Crippen LogP contribution in [0.5, 0.6) is 0 Å². The van der Waals surface area contributed by atoms with Crippen molar-refractivity contribution in [3.8, 4) is 11.1 Å². The lowest BCUT2D eigenvalue weighted by atomic mass is 10.0. The molecule has 0 unspecified atom stereocenters. The van der Waals surface area contributed by atoms with Gasteiger partial charge in [0, 0.05) is 17.4 Å². The average molecular weight is 322 g/mol. The van der Waals surface area contributed by atoms with Gasteiger partial charge in [0.25, 0.3) is 0 Å². The first kappa shape index (κ1) is 15.9. The third kappa shape index (κ3) is 3.68. The Morgan fingerprint density at radius 1 is 1.00 bits per heavy atom. The third-order valence-corrected chi connectivity index (χ3v) is 3.72. The van der Waals surface area contributed by atoms with Crippen LogP contribution in [0.25, 0.3) is 11.1 Å². The Labute approximate surface area is 140 Å². The van der Waals surface area contributed by atoms with Crippen LogP contribution in [0.2, 0.25) is 0 Å². The van der Waals surface area contributed by atoms with E-state index in [1.807, 2.05) is 19.1 Å². The Morgan fingerprint density at radius 3 is 2.42 bits per heavy atom. The molecule has 0 aliphatic carbocycles. The molecule has 122 valence electrons. The highest BCUT2D eigenvalue weighted by molar-refractivity contribution is 5.71. The topological polar surface area (TPSA) is 63.8 Å². The summed E-state index contributed by atoms with van der Waals surface area (Å²) in [6, 6.07) is 14.5. The number of nitrogens with zero attached hydrogens (tertiary/aromatic N) is 2. The van der Waals surface area contributed by atoms with Gasteiger partial charge < -0.3 is 11.1 Å². The van der Waals surface area contributed by atoms with Gasteiger partial charge in [-0.1, -0.05) is 25.1 Å². The molecule has 0 saturated heterocycles. The van der Waals surface area contributed by atoms with Crippen LogP contribution >= 0.6 is 0 Å². The van der Waals surface area contributed by atoms with Crippen LogP contribution in [0.1, 0.15) is 18.2 Å². The van der Waals surface area contributed by atoms with E-state index in [1.54, 1.807) is 12.1 Å². The molecule has 3 N–H and O–H groups in total. The molecule has 0 aliphatic rings. The molecule has 3 aromatic rings. The van der Waals surface area contributed by atoms with Crippen LogP contribution in [0.4, 0.5) is 21.8 Å². The van der Waals surface area contributed by atoms with Crippen molar-refractivity contribution in [3.63, 3.8) is 0 Å². The molecule has 1 aromatic heterocycles. The Bertz CT molecular complexity index is 839. The Balaban J connectivity index is 1.98. The average Bonchev–Trinajstić information content (AvgIpc) is 2.54. The standard InChI is InChI=1S/C19H19FN4/c1-3-13-9-15(14-4-6-16(20)7-5-14)11-17(10-13)23-18-8-12(2)22-19(21)24-18/h4-11H,3H2,1-2H3,(H3,21,22,23,24). The first-order valence-corrected chi connectivity index (χ1v) is 7.81. The molecule has 24 heavy (non-hydrogen) atoms. The largest absolute Gasteiger partial charge is 0.368 e. The van der Waals surface area contributed by atoms with Gasteiger partial charge in [-0.2, -0.15) is 4.98 Å². The second-order valence-electron chi connectivity index (χ2n) is 5.66. The number of aromatic nitrogens is 2. The van der Waals surface area contributed by atoms with E-state index in [9.17, 15) is 4.39 Å². The molecule has 0 radical (unpaired) electrons. The Morgan fingerprint density at radius 2 is 1.75 bits per heavy atom. The maximum absolute atomic E-state index is 13.2. The van der Waals surface area contributed by atoms with Gasteiger partial charge in [0.05, 0.1) is 0 Å². The lowest BCUT2D eigenvalue weighted by Gasteiger charge is -2.12. The summed E-state index contributed by atoms with van der Waals surface area (Å²) in [4.78, 5) is 8.28. The van der Waals surface area contributed by atoms with Gasteiger partial charge in [-0.25, -0.2) is 9.37 Å². The zero-order valence-electron chi connectivity index (χ0n) is 13.7. The zero-order chi connectivity index (χ0) is 17.1. The van der Waals surface area contributed by atoms with Crippen molar-refractivity contribution in [1.29, 1.82) is 0 Å². The number of anilines is 3. The molecule has 0 saturated carbocycles. The van der Waals surface area contributed by atoms with Gasteiger partial charge in [-0.15, -0.1) is 0 Å². The lowest BCUT2D eigenvalue weighted by Crippen LogP contribution is -2.01. The number of halogens is 1. The van der Waals surface area contributed by atoms with Gasteiger partial charge in [0.2, 0.25) is 5.95 Å². The molecule has 5 heteroatoms. The van der Waals surface area contributed by atoms with Crippen LogP contribution in [0.3, 0.4) is 0 Å². The first-order valence-electron chi connectivity index (χ1n) is 7.81. The second kappa shape index (κ2) is 6.66. The molecular formula is C19H19FN4. The minimum Gasteiger partial charge on any atom is -0.368 e. The number of hydrogen-bond acceptors (Lipinski definition) is 4. The highest BCUT2D eigenvalue weighted by atomic mass is 19.1. The quantitative estimate of drug-likeness (QED) is 0.743. The summed E-state index contributed by atoms with van der Waals surface area (Å²) in [7, 11) is 0. The van der Waals surface area contributed by atoms with E-state index in [0.29, 0.717) is 5.82 Å². The summed E-state index contributed by atoms with van der Waals surface area (Å²) in [5, 5.41) is 3.28. The number of aryl methyl sites for hydroxylation is 2. The van der Waals surface area contributed by atoms with Crippen molar-refractivity contribution in [2.24, 2.45) is 0 Å². The van der Waals surface area contributed by atoms with Crippen molar-refractivity contribution < 1.29 is 4.39 Å². The molecule has 2 aromatic carbocycles. The van der Waals surface area contributed by atoms with Crippen LogP contribution in [0, 0.1) is 12.7 Å². The Kier molecular flexibility index (Phi) is 4.42. The summed E-state index contributed by atoms with van der Waals surface area (Å²) in [5.74, 6) is 0.650. The van der Waals surface area contributed by atoms with Crippen LogP contribution in [-0.4, -0.2) is 9.97 Å². The minimum absolute atomic E-state index is 0.239. The van der Waals surface area contributed by atoms with Gasteiger partial charge in [0.1, 0.15) is 11.6 Å². The molecular weight excluding hydrogens is 303 g/mol. The van der Waals surface area contributed by atoms with Crippen molar-refractivity contribution in [2.75, 3.05) is 11.1 Å². The fraction of sp³-hybridized carbons (Fsp3) is 0.158. The number of rotatable bonds is 4. The zero-order valence-corrected chi connectivity index (χ0v) is 13.7. The van der Waals surface area contributed by atoms with Crippen LogP contribution in [0.15, 0.2) is 48.5 Å². The smallest absolute Gasteiger partial charge is 0.222 e. The van der Waals surface area contributed by atoms with E-state index >= 15 is 0 Å². The third-order valence-electron chi connectivity index (χ3n) is 3.72. The molecule has 0 atom stereocenters. The van der Waals surface area contributed by atoms with Crippen molar-refractivity contribution in [3.05, 3.63) is 65.6 Å². The fourth-order valence-electron chi connectivity index (χ4n) is 2.58. The maximum Gasteiger partial charge on any atom is 0.222 e. The first-order chi connectivity index (χ1) is 11.5. The van der Waals surface area contributed by atoms with Crippen molar-refractivity contribution in [1.82, 2.24) is 9.97 Å². The summed E-state index contributed by atoms with van der Waals surface area (Å²) < 4.78 is 13.2. The number of nitrogen functional groups attached to an aromatic ring is 1. The minimum atomic E-state index is -0.240. The lowest BCUT2D eigenvalue weighted by molar-refractivity contribution is 0.628. The normalized spacial score (nSPS) is 10.6. The summed E-state index contributed by atoms with van der Waals surface area (Å²) in [5.41, 5.74) is 10.6. The highest BCUT2D eigenvalue weighted by Gasteiger charge is 2.06. The Hall–Kier alpha value is -2.95. The van der Waals surface area contributed by atoms with Crippen molar-refractivity contribution >= 4 is 17.5 Å². The van der Waals surface area contributed by atoms with Crippen molar-refractivity contribution in [2.45, 2.75) is 20.3 Å². The molecule has 0 amide bonds. The summed E-state index contributed by atoms with van der Waals surface area (Å²) in [6.45, 7) is 3.97. The molecule has 0 aliphatic heterocycles. The number of hydrogen-bond donors (Lipinski definition) is 2. The van der Waals surface area contributed by atoms with E-state index in [-0.39, 0.29) is 11.8 Å². The second-order valence-corrected chi connectivity index (χ2v) is 5.66. The molecule has 1 heterocycles. The highest BCUT2D eigenvalue weighted by Crippen LogP contribution is 2.27. The van der Waals surface area contributed by atoms with Gasteiger partial charge in [0.15, 0.2) is 0 Å². The van der Waals surface area contributed by atoms with Gasteiger partial charge >= 0.3 is 0 Å². The van der Waals surface area contributed by atoms with E-state index in [0.717, 1.165) is 28.9 Å². The van der Waals surface area contributed by atoms with Gasteiger partial charge in [-0.3, -0.25) is 0 Å². The van der Waals surface area contributed by atoms with Crippen LogP contribution < -0.4 is 11.1 Å². The predicted octanol–water partition coefficient (Wildman–Crippen LogP) is 4.48. The number of nitrogens with two attached hydrogens (primary N) is 1. The molecule has 3 rings (SSSR count). The van der Waals surface area contributed by atoms with E-state index in [2.05, 4.69) is 34.3 Å². The number of benzene rings is 2. The molecule has 0 fully saturated rings. The molecule has 0 bridgehead atoms. The SMILES string of the molecule is CCc1cc(Nc2cc(C)nc(N)n2)cc(-c2ccc(F)cc2)c1. The number of nitrogens with one attached hydrogen (secondary N) is 1. The van der Waals surface area contributed by atoms with E-state index in [4.69, 9.17) is 5.73 Å². The van der Waals surface area contributed by atoms with Gasteiger partial charge in [-0.05, 0) is 54.3 Å². The fourth-order valence-corrected chi connectivity index (χ4v) is 2.58. The monoisotopic (exact) mass is 322 g/mol. The maximum atomic E-state index is 13.2. The predicted molar refractivity (Wildman–Crippen MR) is 95.7 cm³/mol. The molecule has 0 spiro atoms.